The van der Waals surface area contributed by atoms with Crippen LogP contribution in [-0.4, -0.2) is 65.7 Å². The number of aromatic nitrogens is 2. The van der Waals surface area contributed by atoms with Gasteiger partial charge in [-0.2, -0.15) is 4.98 Å². The van der Waals surface area contributed by atoms with Crippen LogP contribution in [0.25, 0.3) is 0 Å². The van der Waals surface area contributed by atoms with Gasteiger partial charge in [0.1, 0.15) is 6.10 Å². The Morgan fingerprint density at radius 3 is 2.52 bits per heavy atom. The van der Waals surface area contributed by atoms with Crippen molar-refractivity contribution in [2.45, 2.75) is 45.9 Å². The zero-order chi connectivity index (χ0) is 21.3. The Morgan fingerprint density at radius 2 is 1.90 bits per heavy atom. The van der Waals surface area contributed by atoms with Crippen molar-refractivity contribution < 1.29 is 9.26 Å². The number of hydrogen-bond donors (Lipinski definition) is 1. The summed E-state index contributed by atoms with van der Waals surface area (Å²) in [6.07, 6.45) is 0.937. The van der Waals surface area contributed by atoms with E-state index in [0.717, 1.165) is 38.6 Å². The molecule has 2 aromatic rings. The lowest BCUT2D eigenvalue weighted by atomic mass is 10.0. The topological polar surface area (TPSA) is 79.0 Å². The third kappa shape index (κ3) is 6.88. The molecule has 0 aliphatic carbocycles. The van der Waals surface area contributed by atoms with E-state index in [4.69, 9.17) is 9.26 Å². The van der Waals surface area contributed by atoms with Crippen LogP contribution in [0.1, 0.15) is 56.6 Å². The van der Waals surface area contributed by atoms with Gasteiger partial charge in [-0.05, 0) is 25.8 Å². The Hall–Kier alpha value is -1.72. The second kappa shape index (κ2) is 13.0. The Kier molecular flexibility index (Phi) is 10.7. The summed E-state index contributed by atoms with van der Waals surface area (Å²) in [6.45, 7) is 11.1. The third-order valence-corrected chi connectivity index (χ3v) is 5.50. The van der Waals surface area contributed by atoms with Crippen LogP contribution in [0.2, 0.25) is 0 Å². The summed E-state index contributed by atoms with van der Waals surface area (Å²) in [5.74, 6) is 1.97. The maximum atomic E-state index is 5.51. The molecular weight excluding hydrogens is 507 g/mol. The molecule has 2 heterocycles. The molecule has 31 heavy (non-hydrogen) atoms. The zero-order valence-corrected chi connectivity index (χ0v) is 21.3. The predicted octanol–water partition coefficient (Wildman–Crippen LogP) is 3.63. The number of nitrogens with one attached hydrogen (secondary N) is 1. The van der Waals surface area contributed by atoms with Crippen molar-refractivity contribution in [1.82, 2.24) is 25.3 Å². The van der Waals surface area contributed by atoms with Crippen LogP contribution < -0.4 is 5.32 Å². The summed E-state index contributed by atoms with van der Waals surface area (Å²) in [5, 5.41) is 7.36. The molecule has 0 radical (unpaired) electrons. The van der Waals surface area contributed by atoms with E-state index >= 15 is 0 Å². The smallest absolute Gasteiger partial charge is 0.246 e. The molecule has 1 N–H and O–H groups in total. The van der Waals surface area contributed by atoms with Gasteiger partial charge < -0.3 is 19.5 Å². The van der Waals surface area contributed by atoms with E-state index in [-0.39, 0.29) is 30.1 Å². The molecule has 9 heteroatoms. The molecule has 1 aromatic heterocycles. The highest BCUT2D eigenvalue weighted by molar-refractivity contribution is 14.0. The first kappa shape index (κ1) is 25.5. The zero-order valence-electron chi connectivity index (χ0n) is 19.0. The van der Waals surface area contributed by atoms with Crippen molar-refractivity contribution >= 4 is 29.9 Å². The number of piperazine rings is 1. The number of benzene rings is 1. The van der Waals surface area contributed by atoms with Crippen LogP contribution in [0.15, 0.2) is 39.8 Å². The Balaban J connectivity index is 0.00000341. The quantitative estimate of drug-likeness (QED) is 0.310. The fourth-order valence-corrected chi connectivity index (χ4v) is 3.94. The normalized spacial score (nSPS) is 17.2. The van der Waals surface area contributed by atoms with E-state index < -0.39 is 0 Å². The van der Waals surface area contributed by atoms with Crippen molar-refractivity contribution in [3.8, 4) is 0 Å². The summed E-state index contributed by atoms with van der Waals surface area (Å²) in [6, 6.07) is 11.2. The van der Waals surface area contributed by atoms with Gasteiger partial charge in [0, 0.05) is 45.9 Å². The van der Waals surface area contributed by atoms with E-state index in [1.165, 1.54) is 5.56 Å². The lowest BCUT2D eigenvalue weighted by Gasteiger charge is -2.40. The molecule has 1 saturated heterocycles. The SMILES string of the molecule is CCOC(C)c1noc(CNC(=NC)N2CCN(C(CC)c3ccccc3)CC2)n1.I. The maximum absolute atomic E-state index is 5.51. The summed E-state index contributed by atoms with van der Waals surface area (Å²) in [7, 11) is 1.81. The average molecular weight is 542 g/mol. The minimum absolute atomic E-state index is 0. The lowest BCUT2D eigenvalue weighted by molar-refractivity contribution is 0.0683. The van der Waals surface area contributed by atoms with E-state index in [2.05, 4.69) is 67.5 Å². The highest BCUT2D eigenvalue weighted by atomic mass is 127. The molecule has 3 rings (SSSR count). The summed E-state index contributed by atoms with van der Waals surface area (Å²) >= 11 is 0. The van der Waals surface area contributed by atoms with Crippen LogP contribution in [0, 0.1) is 0 Å². The maximum Gasteiger partial charge on any atom is 0.246 e. The van der Waals surface area contributed by atoms with Gasteiger partial charge in [-0.3, -0.25) is 9.89 Å². The largest absolute Gasteiger partial charge is 0.371 e. The molecule has 0 spiro atoms. The lowest BCUT2D eigenvalue weighted by Crippen LogP contribution is -2.52. The number of halogens is 1. The van der Waals surface area contributed by atoms with Crippen molar-refractivity contribution in [3.63, 3.8) is 0 Å². The summed E-state index contributed by atoms with van der Waals surface area (Å²) in [5.41, 5.74) is 1.39. The van der Waals surface area contributed by atoms with E-state index in [9.17, 15) is 0 Å². The fourth-order valence-electron chi connectivity index (χ4n) is 3.94. The molecule has 1 fully saturated rings. The molecule has 172 valence electrons. The second-order valence-electron chi connectivity index (χ2n) is 7.40. The monoisotopic (exact) mass is 542 g/mol. The highest BCUT2D eigenvalue weighted by Gasteiger charge is 2.25. The standard InChI is InChI=1S/C22H34N6O2.HI/c1-5-19(18-10-8-7-9-11-18)27-12-14-28(15-13-27)22(23-4)24-16-20-25-21(26-30-20)17(3)29-6-2;/h7-11,17,19H,5-6,12-16H2,1-4H3,(H,23,24);1H. The van der Waals surface area contributed by atoms with Gasteiger partial charge in [-0.1, -0.05) is 42.4 Å². The molecule has 0 saturated carbocycles. The molecule has 2 unspecified atom stereocenters. The number of ether oxygens (including phenoxy) is 1. The minimum Gasteiger partial charge on any atom is -0.371 e. The van der Waals surface area contributed by atoms with Crippen molar-refractivity contribution in [1.29, 1.82) is 0 Å². The Morgan fingerprint density at radius 1 is 1.19 bits per heavy atom. The molecule has 0 amide bonds. The van der Waals surface area contributed by atoms with E-state index in [1.54, 1.807) is 0 Å². The first-order chi connectivity index (χ1) is 14.7. The molecule has 8 nitrogen and oxygen atoms in total. The van der Waals surface area contributed by atoms with Crippen LogP contribution in [0.5, 0.6) is 0 Å². The van der Waals surface area contributed by atoms with Gasteiger partial charge in [-0.25, -0.2) is 0 Å². The van der Waals surface area contributed by atoms with Gasteiger partial charge in [-0.15, -0.1) is 24.0 Å². The van der Waals surface area contributed by atoms with Crippen molar-refractivity contribution in [2.75, 3.05) is 39.8 Å². The summed E-state index contributed by atoms with van der Waals surface area (Å²) < 4.78 is 10.9. The highest BCUT2D eigenvalue weighted by Crippen LogP contribution is 2.25. The van der Waals surface area contributed by atoms with Crippen LogP contribution in [-0.2, 0) is 11.3 Å². The number of hydrogen-bond acceptors (Lipinski definition) is 6. The number of rotatable bonds is 8. The Labute approximate surface area is 202 Å². The molecular formula is C22H35IN6O2. The first-order valence-electron chi connectivity index (χ1n) is 10.8. The van der Waals surface area contributed by atoms with Crippen LogP contribution >= 0.6 is 24.0 Å². The van der Waals surface area contributed by atoms with Gasteiger partial charge in [0.15, 0.2) is 11.8 Å². The first-order valence-corrected chi connectivity index (χ1v) is 10.8. The molecule has 1 aromatic carbocycles. The van der Waals surface area contributed by atoms with E-state index in [0.29, 0.717) is 30.9 Å². The van der Waals surface area contributed by atoms with Crippen molar-refractivity contribution in [3.05, 3.63) is 47.6 Å². The molecule has 1 aliphatic heterocycles. The summed E-state index contributed by atoms with van der Waals surface area (Å²) in [4.78, 5) is 13.7. The van der Waals surface area contributed by atoms with Gasteiger partial charge in [0.2, 0.25) is 5.89 Å². The van der Waals surface area contributed by atoms with Gasteiger partial charge in [0.25, 0.3) is 0 Å². The third-order valence-electron chi connectivity index (χ3n) is 5.50. The molecule has 2 atom stereocenters. The second-order valence-corrected chi connectivity index (χ2v) is 7.40. The molecule has 0 bridgehead atoms. The fraction of sp³-hybridized carbons (Fsp3) is 0.591. The molecule has 1 aliphatic rings. The Bertz CT molecular complexity index is 792. The average Bonchev–Trinajstić information content (AvgIpc) is 3.26. The van der Waals surface area contributed by atoms with Gasteiger partial charge in [0.05, 0.1) is 6.54 Å². The van der Waals surface area contributed by atoms with Crippen LogP contribution in [0.3, 0.4) is 0 Å². The van der Waals surface area contributed by atoms with E-state index in [1.807, 2.05) is 20.9 Å². The number of guanidine groups is 1. The minimum atomic E-state index is -0.170. The van der Waals surface area contributed by atoms with Crippen LogP contribution in [0.4, 0.5) is 0 Å². The predicted molar refractivity (Wildman–Crippen MR) is 133 cm³/mol. The van der Waals surface area contributed by atoms with Gasteiger partial charge >= 0.3 is 0 Å². The number of nitrogens with zero attached hydrogens (tertiary/aromatic N) is 5. The number of aliphatic imine (C=N–C) groups is 1. The van der Waals surface area contributed by atoms with Crippen molar-refractivity contribution in [2.24, 2.45) is 4.99 Å².